The Morgan fingerprint density at radius 3 is 2.28 bits per heavy atom. The molecule has 1 atom stereocenters. The van der Waals surface area contributed by atoms with Gasteiger partial charge in [-0.05, 0) is 43.7 Å². The molecule has 0 aliphatic rings. The lowest BCUT2D eigenvalue weighted by Gasteiger charge is -2.15. The number of rotatable bonds is 7. The number of nitrogens with two attached hydrogens (primary N) is 1. The fourth-order valence-corrected chi connectivity index (χ4v) is 2.75. The highest BCUT2D eigenvalue weighted by Gasteiger charge is 2.12. The minimum Gasteiger partial charge on any atom is -0.493 e. The smallest absolute Gasteiger partial charge is 0.238 e. The van der Waals surface area contributed by atoms with Crippen LogP contribution in [0.4, 0.5) is 0 Å². The first-order valence-electron chi connectivity index (χ1n) is 7.87. The van der Waals surface area contributed by atoms with Crippen molar-refractivity contribution in [2.75, 3.05) is 6.61 Å². The zero-order valence-electron chi connectivity index (χ0n) is 14.2. The summed E-state index contributed by atoms with van der Waals surface area (Å²) in [6.45, 7) is 4.10. The van der Waals surface area contributed by atoms with Gasteiger partial charge >= 0.3 is 0 Å². The molecule has 0 fully saturated rings. The summed E-state index contributed by atoms with van der Waals surface area (Å²) >= 11 is 0. The quantitative estimate of drug-likeness (QED) is 0.789. The van der Waals surface area contributed by atoms with Crippen LogP contribution >= 0.6 is 0 Å². The molecular weight excluding hydrogens is 340 g/mol. The molecule has 134 valence electrons. The van der Waals surface area contributed by atoms with E-state index in [1.807, 2.05) is 38.1 Å². The first kappa shape index (κ1) is 19.0. The molecule has 1 amide bonds. The summed E-state index contributed by atoms with van der Waals surface area (Å²) < 4.78 is 28.0. The van der Waals surface area contributed by atoms with Gasteiger partial charge in [-0.1, -0.05) is 29.8 Å². The largest absolute Gasteiger partial charge is 0.493 e. The van der Waals surface area contributed by atoms with Gasteiger partial charge in [0.1, 0.15) is 5.75 Å². The SMILES string of the molecule is Cc1ccc(OCCC(=O)N[C@H](C)c2ccc(S(N)(=O)=O)cc2)cc1. The van der Waals surface area contributed by atoms with Crippen molar-refractivity contribution in [3.63, 3.8) is 0 Å². The molecular formula is C18H22N2O4S. The zero-order chi connectivity index (χ0) is 18.4. The number of primary sulfonamides is 1. The molecule has 0 aliphatic carbocycles. The van der Waals surface area contributed by atoms with Crippen LogP contribution in [0.1, 0.15) is 30.5 Å². The van der Waals surface area contributed by atoms with Gasteiger partial charge in [-0.3, -0.25) is 4.79 Å². The molecule has 0 saturated carbocycles. The van der Waals surface area contributed by atoms with Crippen LogP contribution in [-0.4, -0.2) is 20.9 Å². The van der Waals surface area contributed by atoms with E-state index in [9.17, 15) is 13.2 Å². The molecule has 7 heteroatoms. The Labute approximate surface area is 148 Å². The summed E-state index contributed by atoms with van der Waals surface area (Å²) in [6, 6.07) is 13.5. The van der Waals surface area contributed by atoms with Gasteiger partial charge in [0.2, 0.25) is 15.9 Å². The number of aryl methyl sites for hydroxylation is 1. The van der Waals surface area contributed by atoms with E-state index in [4.69, 9.17) is 9.88 Å². The Hall–Kier alpha value is -2.38. The fourth-order valence-electron chi connectivity index (χ4n) is 2.24. The van der Waals surface area contributed by atoms with Gasteiger partial charge in [-0.15, -0.1) is 0 Å². The number of benzene rings is 2. The molecule has 0 radical (unpaired) electrons. The first-order valence-corrected chi connectivity index (χ1v) is 9.42. The van der Waals surface area contributed by atoms with Gasteiger partial charge in [-0.25, -0.2) is 13.6 Å². The van der Waals surface area contributed by atoms with E-state index < -0.39 is 10.0 Å². The summed E-state index contributed by atoms with van der Waals surface area (Å²) in [7, 11) is -3.71. The third kappa shape index (κ3) is 5.88. The monoisotopic (exact) mass is 362 g/mol. The molecule has 25 heavy (non-hydrogen) atoms. The number of carbonyl (C=O) groups excluding carboxylic acids is 1. The van der Waals surface area contributed by atoms with E-state index in [1.54, 1.807) is 12.1 Å². The second-order valence-corrected chi connectivity index (χ2v) is 7.38. The van der Waals surface area contributed by atoms with Gasteiger partial charge in [-0.2, -0.15) is 0 Å². The topological polar surface area (TPSA) is 98.5 Å². The standard InChI is InChI=1S/C18H22N2O4S/c1-13-3-7-16(8-4-13)24-12-11-18(21)20-14(2)15-5-9-17(10-6-15)25(19,22)23/h3-10,14H,11-12H2,1-2H3,(H,20,21)(H2,19,22,23)/t14-/m1/s1. The predicted molar refractivity (Wildman–Crippen MR) is 95.7 cm³/mol. The van der Waals surface area contributed by atoms with Crippen LogP contribution in [0.15, 0.2) is 53.4 Å². The van der Waals surface area contributed by atoms with Gasteiger partial charge in [0.15, 0.2) is 0 Å². The van der Waals surface area contributed by atoms with Crippen LogP contribution in [0.5, 0.6) is 5.75 Å². The summed E-state index contributed by atoms with van der Waals surface area (Å²) in [4.78, 5) is 12.0. The number of amides is 1. The second kappa shape index (κ2) is 8.13. The third-order valence-electron chi connectivity index (χ3n) is 3.70. The van der Waals surface area contributed by atoms with Crippen molar-refractivity contribution in [1.29, 1.82) is 0 Å². The highest BCUT2D eigenvalue weighted by molar-refractivity contribution is 7.89. The second-order valence-electron chi connectivity index (χ2n) is 5.81. The van der Waals surface area contributed by atoms with Crippen LogP contribution in [0.3, 0.4) is 0 Å². The summed E-state index contributed by atoms with van der Waals surface area (Å²) in [5, 5.41) is 7.91. The molecule has 0 aliphatic heterocycles. The Balaban J connectivity index is 1.82. The third-order valence-corrected chi connectivity index (χ3v) is 4.63. The summed E-state index contributed by atoms with van der Waals surface area (Å²) in [5.74, 6) is 0.583. The van der Waals surface area contributed by atoms with Crippen molar-refractivity contribution in [3.8, 4) is 5.75 Å². The summed E-state index contributed by atoms with van der Waals surface area (Å²) in [5.41, 5.74) is 1.94. The molecule has 0 spiro atoms. The van der Waals surface area contributed by atoms with E-state index in [0.29, 0.717) is 0 Å². The number of nitrogens with one attached hydrogen (secondary N) is 1. The van der Waals surface area contributed by atoms with Gasteiger partial charge in [0.25, 0.3) is 0 Å². The van der Waals surface area contributed by atoms with Crippen LogP contribution < -0.4 is 15.2 Å². The average Bonchev–Trinajstić information content (AvgIpc) is 2.56. The molecule has 0 saturated heterocycles. The minimum atomic E-state index is -3.71. The van der Waals surface area contributed by atoms with Crippen molar-refractivity contribution in [3.05, 3.63) is 59.7 Å². The molecule has 3 N–H and O–H groups in total. The van der Waals surface area contributed by atoms with Gasteiger partial charge < -0.3 is 10.1 Å². The lowest BCUT2D eigenvalue weighted by Crippen LogP contribution is -2.27. The van der Waals surface area contributed by atoms with E-state index in [2.05, 4.69) is 5.32 Å². The van der Waals surface area contributed by atoms with Gasteiger partial charge in [0.05, 0.1) is 24.0 Å². The van der Waals surface area contributed by atoms with Crippen molar-refractivity contribution in [2.45, 2.75) is 31.2 Å². The molecule has 2 aromatic carbocycles. The van der Waals surface area contributed by atoms with Gasteiger partial charge in [0, 0.05) is 0 Å². The minimum absolute atomic E-state index is 0.0428. The van der Waals surface area contributed by atoms with Crippen LogP contribution in [-0.2, 0) is 14.8 Å². The molecule has 0 bridgehead atoms. The van der Waals surface area contributed by atoms with Crippen LogP contribution in [0.2, 0.25) is 0 Å². The highest BCUT2D eigenvalue weighted by Crippen LogP contribution is 2.16. The highest BCUT2D eigenvalue weighted by atomic mass is 32.2. The maximum atomic E-state index is 12.0. The molecule has 2 rings (SSSR count). The normalized spacial score (nSPS) is 12.4. The number of sulfonamides is 1. The fraction of sp³-hybridized carbons (Fsp3) is 0.278. The maximum absolute atomic E-state index is 12.0. The van der Waals surface area contributed by atoms with E-state index in [-0.39, 0.29) is 29.9 Å². The van der Waals surface area contributed by atoms with E-state index >= 15 is 0 Å². The lowest BCUT2D eigenvalue weighted by molar-refractivity contribution is -0.122. The lowest BCUT2D eigenvalue weighted by atomic mass is 10.1. The molecule has 0 unspecified atom stereocenters. The average molecular weight is 362 g/mol. The number of carbonyl (C=O) groups is 1. The number of ether oxygens (including phenoxy) is 1. The van der Waals surface area contributed by atoms with Crippen molar-refractivity contribution >= 4 is 15.9 Å². The molecule has 6 nitrogen and oxygen atoms in total. The Morgan fingerprint density at radius 1 is 1.12 bits per heavy atom. The maximum Gasteiger partial charge on any atom is 0.238 e. The van der Waals surface area contributed by atoms with Crippen molar-refractivity contribution < 1.29 is 17.9 Å². The molecule has 0 aromatic heterocycles. The molecule has 0 heterocycles. The van der Waals surface area contributed by atoms with E-state index in [1.165, 1.54) is 12.1 Å². The number of hydrogen-bond acceptors (Lipinski definition) is 4. The predicted octanol–water partition coefficient (Wildman–Crippen LogP) is 2.29. The Kier molecular flexibility index (Phi) is 6.17. The Bertz CT molecular complexity index is 815. The van der Waals surface area contributed by atoms with Crippen LogP contribution in [0.25, 0.3) is 0 Å². The zero-order valence-corrected chi connectivity index (χ0v) is 15.0. The van der Waals surface area contributed by atoms with Crippen molar-refractivity contribution in [1.82, 2.24) is 5.32 Å². The van der Waals surface area contributed by atoms with E-state index in [0.717, 1.165) is 16.9 Å². The Morgan fingerprint density at radius 2 is 1.72 bits per heavy atom. The summed E-state index contributed by atoms with van der Waals surface area (Å²) in [6.07, 6.45) is 0.230. The van der Waals surface area contributed by atoms with Crippen molar-refractivity contribution in [2.24, 2.45) is 5.14 Å². The first-order chi connectivity index (χ1) is 11.8. The number of hydrogen-bond donors (Lipinski definition) is 2. The molecule has 2 aromatic rings. The van der Waals surface area contributed by atoms with Crippen LogP contribution in [0, 0.1) is 6.92 Å².